The Bertz CT molecular complexity index is 911. The summed E-state index contributed by atoms with van der Waals surface area (Å²) >= 11 is 1.40. The van der Waals surface area contributed by atoms with Crippen molar-refractivity contribution < 1.29 is 9.59 Å². The second-order valence-electron chi connectivity index (χ2n) is 5.18. The van der Waals surface area contributed by atoms with Crippen LogP contribution in [0.1, 0.15) is 37.8 Å². The van der Waals surface area contributed by atoms with E-state index < -0.39 is 11.8 Å². The van der Waals surface area contributed by atoms with Crippen molar-refractivity contribution >= 4 is 33.9 Å². The number of primary amides is 1. The van der Waals surface area contributed by atoms with Crippen LogP contribution in [0.3, 0.4) is 0 Å². The molecule has 1 aliphatic rings. The van der Waals surface area contributed by atoms with Crippen LogP contribution in [0, 0.1) is 0 Å². The molecule has 0 spiro atoms. The summed E-state index contributed by atoms with van der Waals surface area (Å²) in [6.07, 6.45) is 5.96. The third-order valence-electron chi connectivity index (χ3n) is 3.71. The highest BCUT2D eigenvalue weighted by Crippen LogP contribution is 2.38. The molecular weight excluding hydrogens is 316 g/mol. The van der Waals surface area contributed by atoms with Crippen LogP contribution in [-0.2, 0) is 12.8 Å². The van der Waals surface area contributed by atoms with Crippen LogP contribution < -0.4 is 11.1 Å². The van der Waals surface area contributed by atoms with E-state index in [2.05, 4.69) is 20.4 Å². The Labute approximate surface area is 134 Å². The van der Waals surface area contributed by atoms with E-state index in [4.69, 9.17) is 5.73 Å². The molecule has 23 heavy (non-hydrogen) atoms. The highest BCUT2D eigenvalue weighted by atomic mass is 32.1. The lowest BCUT2D eigenvalue weighted by atomic mass is 10.1. The highest BCUT2D eigenvalue weighted by molar-refractivity contribution is 7.17. The number of aromatic nitrogens is 4. The Kier molecular flexibility index (Phi) is 3.08. The summed E-state index contributed by atoms with van der Waals surface area (Å²) in [5.41, 5.74) is 6.85. The number of hydrogen-bond donors (Lipinski definition) is 2. The number of carbonyl (C=O) groups excluding carboxylic acids is 2. The van der Waals surface area contributed by atoms with Gasteiger partial charge in [-0.2, -0.15) is 4.98 Å². The summed E-state index contributed by atoms with van der Waals surface area (Å²) in [6.45, 7) is 0. The summed E-state index contributed by atoms with van der Waals surface area (Å²) in [5.74, 6) is -0.684. The SMILES string of the molecule is NC(=O)c1c(NC(=O)c2nc3ncccn3n2)sc2c1CCC2. The van der Waals surface area contributed by atoms with Gasteiger partial charge >= 0.3 is 0 Å². The Hall–Kier alpha value is -2.81. The summed E-state index contributed by atoms with van der Waals surface area (Å²) in [5, 5.41) is 7.25. The lowest BCUT2D eigenvalue weighted by Crippen LogP contribution is -2.18. The van der Waals surface area contributed by atoms with Crippen LogP contribution in [0.5, 0.6) is 0 Å². The Morgan fingerprint density at radius 2 is 2.22 bits per heavy atom. The number of nitrogens with zero attached hydrogens (tertiary/aromatic N) is 4. The first-order chi connectivity index (χ1) is 11.1. The molecule has 9 heteroatoms. The minimum atomic E-state index is -0.524. The largest absolute Gasteiger partial charge is 0.365 e. The molecule has 2 amide bonds. The number of amides is 2. The van der Waals surface area contributed by atoms with Gasteiger partial charge in [0.15, 0.2) is 0 Å². The molecule has 0 bridgehead atoms. The second kappa shape index (κ2) is 5.13. The number of carbonyl (C=O) groups is 2. The van der Waals surface area contributed by atoms with Crippen molar-refractivity contribution in [3.8, 4) is 0 Å². The number of fused-ring (bicyclic) bond motifs is 2. The van der Waals surface area contributed by atoms with Gasteiger partial charge in [-0.15, -0.1) is 16.4 Å². The predicted octanol–water partition coefficient (Wildman–Crippen LogP) is 1.03. The van der Waals surface area contributed by atoms with Gasteiger partial charge in [0.1, 0.15) is 5.00 Å². The molecule has 3 aromatic rings. The lowest BCUT2D eigenvalue weighted by molar-refractivity contribution is 0.100. The van der Waals surface area contributed by atoms with E-state index in [1.807, 2.05) is 0 Å². The van der Waals surface area contributed by atoms with Gasteiger partial charge < -0.3 is 11.1 Å². The fraction of sp³-hybridized carbons (Fsp3) is 0.214. The van der Waals surface area contributed by atoms with Crippen LogP contribution in [0.15, 0.2) is 18.5 Å². The minimum absolute atomic E-state index is 0.00678. The predicted molar refractivity (Wildman–Crippen MR) is 83.6 cm³/mol. The topological polar surface area (TPSA) is 115 Å². The van der Waals surface area contributed by atoms with Crippen LogP contribution in [0.2, 0.25) is 0 Å². The van der Waals surface area contributed by atoms with Gasteiger partial charge in [-0.25, -0.2) is 9.50 Å². The number of aryl methyl sites for hydroxylation is 1. The Balaban J connectivity index is 1.68. The van der Waals surface area contributed by atoms with Crippen molar-refractivity contribution in [2.24, 2.45) is 5.73 Å². The monoisotopic (exact) mass is 328 g/mol. The van der Waals surface area contributed by atoms with E-state index in [-0.39, 0.29) is 5.82 Å². The molecular formula is C14H12N6O2S. The second-order valence-corrected chi connectivity index (χ2v) is 6.28. The number of rotatable bonds is 3. The summed E-state index contributed by atoms with van der Waals surface area (Å²) in [6, 6.07) is 1.69. The molecule has 0 aromatic carbocycles. The smallest absolute Gasteiger partial charge is 0.296 e. The van der Waals surface area contributed by atoms with Crippen LogP contribution in [-0.4, -0.2) is 31.4 Å². The first kappa shape index (κ1) is 13.8. The van der Waals surface area contributed by atoms with Gasteiger partial charge in [0.2, 0.25) is 5.82 Å². The van der Waals surface area contributed by atoms with Crippen molar-refractivity contribution in [1.29, 1.82) is 0 Å². The van der Waals surface area contributed by atoms with E-state index >= 15 is 0 Å². The van der Waals surface area contributed by atoms with Crippen LogP contribution in [0.25, 0.3) is 5.78 Å². The van der Waals surface area contributed by atoms with Crippen molar-refractivity contribution in [2.75, 3.05) is 5.32 Å². The van der Waals surface area contributed by atoms with Crippen LogP contribution >= 0.6 is 11.3 Å². The molecule has 0 fully saturated rings. The molecule has 0 aliphatic heterocycles. The first-order valence-corrected chi connectivity index (χ1v) is 7.88. The van der Waals surface area contributed by atoms with Gasteiger partial charge in [0.05, 0.1) is 5.56 Å². The van der Waals surface area contributed by atoms with E-state index in [1.165, 1.54) is 15.9 Å². The van der Waals surface area contributed by atoms with Crippen molar-refractivity contribution in [2.45, 2.75) is 19.3 Å². The average molecular weight is 328 g/mol. The maximum atomic E-state index is 12.4. The molecule has 0 radical (unpaired) electrons. The van der Waals surface area contributed by atoms with Gasteiger partial charge in [-0.05, 0) is 30.9 Å². The molecule has 4 rings (SSSR count). The molecule has 8 nitrogen and oxygen atoms in total. The normalized spacial score (nSPS) is 13.2. The zero-order valence-electron chi connectivity index (χ0n) is 11.9. The number of thiophene rings is 1. The molecule has 0 saturated carbocycles. The lowest BCUT2D eigenvalue weighted by Gasteiger charge is -2.03. The number of hydrogen-bond acceptors (Lipinski definition) is 6. The molecule has 1 aliphatic carbocycles. The molecule has 116 valence electrons. The fourth-order valence-electron chi connectivity index (χ4n) is 2.74. The van der Waals surface area contributed by atoms with E-state index in [0.717, 1.165) is 29.7 Å². The number of anilines is 1. The summed E-state index contributed by atoms with van der Waals surface area (Å²) in [4.78, 5) is 33.3. The summed E-state index contributed by atoms with van der Waals surface area (Å²) in [7, 11) is 0. The maximum absolute atomic E-state index is 12.4. The Morgan fingerprint density at radius 1 is 1.35 bits per heavy atom. The van der Waals surface area contributed by atoms with Gasteiger partial charge in [-0.1, -0.05) is 0 Å². The van der Waals surface area contributed by atoms with Gasteiger partial charge in [-0.3, -0.25) is 9.59 Å². The zero-order valence-corrected chi connectivity index (χ0v) is 12.8. The van der Waals surface area contributed by atoms with Crippen molar-refractivity contribution in [3.63, 3.8) is 0 Å². The number of nitrogens with one attached hydrogen (secondary N) is 1. The summed E-state index contributed by atoms with van der Waals surface area (Å²) < 4.78 is 1.41. The molecule has 3 N–H and O–H groups in total. The van der Waals surface area contributed by atoms with E-state index in [1.54, 1.807) is 18.5 Å². The molecule has 3 aromatic heterocycles. The van der Waals surface area contributed by atoms with Gasteiger partial charge in [0, 0.05) is 17.3 Å². The number of nitrogens with two attached hydrogens (primary N) is 1. The standard InChI is InChI=1S/C14H12N6O2S/c15-10(21)9-7-3-1-4-8(7)23-13(9)18-12(22)11-17-14-16-5-2-6-20(14)19-11/h2,5-6H,1,3-4H2,(H2,15,21)(H,18,22). The van der Waals surface area contributed by atoms with Crippen LogP contribution in [0.4, 0.5) is 5.00 Å². The average Bonchev–Trinajstić information content (AvgIpc) is 3.19. The first-order valence-electron chi connectivity index (χ1n) is 7.06. The molecule has 3 heterocycles. The highest BCUT2D eigenvalue weighted by Gasteiger charge is 2.27. The van der Waals surface area contributed by atoms with Crippen molar-refractivity contribution in [1.82, 2.24) is 19.6 Å². The minimum Gasteiger partial charge on any atom is -0.365 e. The maximum Gasteiger partial charge on any atom is 0.296 e. The zero-order chi connectivity index (χ0) is 16.0. The van der Waals surface area contributed by atoms with Crippen molar-refractivity contribution in [3.05, 3.63) is 40.3 Å². The van der Waals surface area contributed by atoms with Gasteiger partial charge in [0.25, 0.3) is 17.6 Å². The third-order valence-corrected chi connectivity index (χ3v) is 4.92. The third kappa shape index (κ3) is 2.25. The molecule has 0 atom stereocenters. The van der Waals surface area contributed by atoms with E-state index in [0.29, 0.717) is 16.3 Å². The quantitative estimate of drug-likeness (QED) is 0.745. The Morgan fingerprint density at radius 3 is 3.00 bits per heavy atom. The molecule has 0 unspecified atom stereocenters. The molecule has 0 saturated heterocycles. The fourth-order valence-corrected chi connectivity index (χ4v) is 4.03. The van der Waals surface area contributed by atoms with E-state index in [9.17, 15) is 9.59 Å².